The van der Waals surface area contributed by atoms with Gasteiger partial charge in [0.2, 0.25) is 0 Å². The largest absolute Gasteiger partial charge is 0.507 e. The Morgan fingerprint density at radius 1 is 1.00 bits per heavy atom. The Labute approximate surface area is 142 Å². The number of fused-ring (bicyclic) bond motifs is 1. The fourth-order valence-corrected chi connectivity index (χ4v) is 2.44. The summed E-state index contributed by atoms with van der Waals surface area (Å²) in [6.45, 7) is 0. The van der Waals surface area contributed by atoms with Crippen LogP contribution in [-0.4, -0.2) is 22.3 Å². The number of phenolic OH excluding ortho intramolecular Hbond substituents is 2. The number of amides is 1. The third-order valence-electron chi connectivity index (χ3n) is 3.47. The van der Waals surface area contributed by atoms with Gasteiger partial charge >= 0.3 is 0 Å². The molecular formula is C18H13ClN2O3. The van der Waals surface area contributed by atoms with E-state index < -0.39 is 5.91 Å². The van der Waals surface area contributed by atoms with Gasteiger partial charge in [-0.15, -0.1) is 0 Å². The molecule has 5 nitrogen and oxygen atoms in total. The summed E-state index contributed by atoms with van der Waals surface area (Å²) in [5.41, 5.74) is 2.79. The predicted octanol–water partition coefficient (Wildman–Crippen LogP) is 3.67. The molecule has 0 aliphatic heterocycles. The van der Waals surface area contributed by atoms with Gasteiger partial charge in [0.1, 0.15) is 11.5 Å². The van der Waals surface area contributed by atoms with Crippen molar-refractivity contribution in [1.82, 2.24) is 5.43 Å². The number of aromatic hydroxyl groups is 2. The average Bonchev–Trinajstić information content (AvgIpc) is 2.57. The third kappa shape index (κ3) is 3.31. The van der Waals surface area contributed by atoms with E-state index in [0.29, 0.717) is 10.6 Å². The summed E-state index contributed by atoms with van der Waals surface area (Å²) in [7, 11) is 0. The van der Waals surface area contributed by atoms with Crippen molar-refractivity contribution < 1.29 is 15.0 Å². The van der Waals surface area contributed by atoms with Gasteiger partial charge < -0.3 is 10.2 Å². The number of hydrogen-bond donors (Lipinski definition) is 3. The number of nitrogens with zero attached hydrogens (tertiary/aromatic N) is 1. The van der Waals surface area contributed by atoms with Crippen LogP contribution in [0.1, 0.15) is 15.9 Å². The van der Waals surface area contributed by atoms with Gasteiger partial charge in [-0.25, -0.2) is 5.43 Å². The molecule has 0 unspecified atom stereocenters. The Balaban J connectivity index is 1.81. The summed E-state index contributed by atoms with van der Waals surface area (Å²) >= 11 is 5.84. The Morgan fingerprint density at radius 2 is 1.71 bits per heavy atom. The highest BCUT2D eigenvalue weighted by atomic mass is 35.5. The monoisotopic (exact) mass is 340 g/mol. The molecule has 0 radical (unpaired) electrons. The van der Waals surface area contributed by atoms with Crippen molar-refractivity contribution in [3.05, 3.63) is 70.7 Å². The van der Waals surface area contributed by atoms with Gasteiger partial charge in [0.25, 0.3) is 5.91 Å². The van der Waals surface area contributed by atoms with Gasteiger partial charge in [-0.1, -0.05) is 35.9 Å². The van der Waals surface area contributed by atoms with Crippen molar-refractivity contribution in [3.63, 3.8) is 0 Å². The molecule has 0 aromatic heterocycles. The van der Waals surface area contributed by atoms with E-state index in [1.54, 1.807) is 12.1 Å². The van der Waals surface area contributed by atoms with Crippen molar-refractivity contribution in [2.75, 3.05) is 0 Å². The molecule has 0 spiro atoms. The van der Waals surface area contributed by atoms with E-state index in [9.17, 15) is 15.0 Å². The first-order chi connectivity index (χ1) is 11.5. The second-order valence-electron chi connectivity index (χ2n) is 5.12. The maximum atomic E-state index is 12.2. The second kappa shape index (κ2) is 6.60. The zero-order valence-electron chi connectivity index (χ0n) is 12.4. The lowest BCUT2D eigenvalue weighted by molar-refractivity contribution is 0.0952. The van der Waals surface area contributed by atoms with E-state index in [2.05, 4.69) is 10.5 Å². The van der Waals surface area contributed by atoms with Crippen LogP contribution in [0.2, 0.25) is 5.02 Å². The van der Waals surface area contributed by atoms with Crippen LogP contribution in [0.3, 0.4) is 0 Å². The predicted molar refractivity (Wildman–Crippen MR) is 93.8 cm³/mol. The summed E-state index contributed by atoms with van der Waals surface area (Å²) in [6.07, 6.45) is 1.28. The summed E-state index contributed by atoms with van der Waals surface area (Å²) < 4.78 is 0. The number of carbonyl (C=O) groups is 1. The average molecular weight is 341 g/mol. The van der Waals surface area contributed by atoms with E-state index in [1.807, 2.05) is 24.3 Å². The van der Waals surface area contributed by atoms with Crippen LogP contribution >= 0.6 is 11.6 Å². The van der Waals surface area contributed by atoms with Crippen LogP contribution in [-0.2, 0) is 0 Å². The molecule has 0 saturated heterocycles. The molecule has 0 atom stereocenters. The Morgan fingerprint density at radius 3 is 2.46 bits per heavy atom. The lowest BCUT2D eigenvalue weighted by Gasteiger charge is -2.06. The number of nitrogens with one attached hydrogen (secondary N) is 1. The van der Waals surface area contributed by atoms with Crippen LogP contribution in [0.15, 0.2) is 59.7 Å². The Bertz CT molecular complexity index is 954. The first-order valence-electron chi connectivity index (χ1n) is 7.08. The lowest BCUT2D eigenvalue weighted by Crippen LogP contribution is -2.17. The minimum absolute atomic E-state index is 0.00838. The normalized spacial score (nSPS) is 11.0. The van der Waals surface area contributed by atoms with Crippen LogP contribution in [0.25, 0.3) is 10.8 Å². The molecule has 1 amide bonds. The van der Waals surface area contributed by atoms with E-state index in [0.717, 1.165) is 10.8 Å². The fourth-order valence-electron chi connectivity index (χ4n) is 2.26. The molecule has 6 heteroatoms. The minimum atomic E-state index is -0.559. The molecule has 120 valence electrons. The Hall–Kier alpha value is -3.05. The fraction of sp³-hybridized carbons (Fsp3) is 0. The molecule has 0 aliphatic carbocycles. The maximum Gasteiger partial charge on any atom is 0.275 e. The number of hydrogen-bond acceptors (Lipinski definition) is 4. The number of rotatable bonds is 3. The first-order valence-corrected chi connectivity index (χ1v) is 7.46. The van der Waals surface area contributed by atoms with E-state index >= 15 is 0 Å². The van der Waals surface area contributed by atoms with Crippen LogP contribution in [0.4, 0.5) is 0 Å². The highest BCUT2D eigenvalue weighted by molar-refractivity contribution is 6.30. The Kier molecular flexibility index (Phi) is 4.35. The summed E-state index contributed by atoms with van der Waals surface area (Å²) in [4.78, 5) is 12.2. The number of halogens is 1. The lowest BCUT2D eigenvalue weighted by atomic mass is 10.1. The zero-order chi connectivity index (χ0) is 17.1. The van der Waals surface area contributed by atoms with Gasteiger partial charge in [-0.2, -0.15) is 5.10 Å². The smallest absolute Gasteiger partial charge is 0.275 e. The topological polar surface area (TPSA) is 81.9 Å². The number of phenols is 2. The van der Waals surface area contributed by atoms with Crippen molar-refractivity contribution in [2.24, 2.45) is 5.10 Å². The van der Waals surface area contributed by atoms with E-state index in [1.165, 1.54) is 24.4 Å². The first kappa shape index (κ1) is 15.8. The van der Waals surface area contributed by atoms with Gasteiger partial charge in [-0.05, 0) is 41.1 Å². The molecular weight excluding hydrogens is 328 g/mol. The molecule has 24 heavy (non-hydrogen) atoms. The molecule has 3 aromatic rings. The third-order valence-corrected chi connectivity index (χ3v) is 3.70. The zero-order valence-corrected chi connectivity index (χ0v) is 13.2. The maximum absolute atomic E-state index is 12.2. The van der Waals surface area contributed by atoms with Crippen LogP contribution in [0.5, 0.6) is 11.5 Å². The standard InChI is InChI=1S/C18H13ClN2O3/c19-14-5-6-16(22)13(7-14)10-20-21-18(24)15-8-11-3-1-2-4-12(11)9-17(15)23/h1-10,22-23H,(H,21,24)/b20-10-. The van der Waals surface area contributed by atoms with Gasteiger partial charge in [0, 0.05) is 10.6 Å². The quantitative estimate of drug-likeness (QED) is 0.502. The van der Waals surface area contributed by atoms with E-state index in [-0.39, 0.29) is 17.1 Å². The molecule has 0 heterocycles. The molecule has 0 fully saturated rings. The van der Waals surface area contributed by atoms with Crippen molar-refractivity contribution in [2.45, 2.75) is 0 Å². The number of benzene rings is 3. The summed E-state index contributed by atoms with van der Waals surface area (Å²) in [5.74, 6) is -0.700. The van der Waals surface area contributed by atoms with Crippen LogP contribution in [0, 0.1) is 0 Å². The van der Waals surface area contributed by atoms with Crippen molar-refractivity contribution in [1.29, 1.82) is 0 Å². The molecule has 3 aromatic carbocycles. The van der Waals surface area contributed by atoms with Crippen molar-refractivity contribution >= 4 is 34.5 Å². The van der Waals surface area contributed by atoms with Gasteiger partial charge in [-0.3, -0.25) is 4.79 Å². The van der Waals surface area contributed by atoms with Gasteiger partial charge in [0.05, 0.1) is 11.8 Å². The molecule has 3 N–H and O–H groups in total. The molecule has 0 bridgehead atoms. The van der Waals surface area contributed by atoms with E-state index in [4.69, 9.17) is 11.6 Å². The molecule has 0 aliphatic rings. The highest BCUT2D eigenvalue weighted by Crippen LogP contribution is 2.25. The van der Waals surface area contributed by atoms with Gasteiger partial charge in [0.15, 0.2) is 0 Å². The minimum Gasteiger partial charge on any atom is -0.507 e. The molecule has 0 saturated carbocycles. The summed E-state index contributed by atoms with van der Waals surface area (Å²) in [5, 5.41) is 25.6. The van der Waals surface area contributed by atoms with Crippen LogP contribution < -0.4 is 5.43 Å². The highest BCUT2D eigenvalue weighted by Gasteiger charge is 2.11. The SMILES string of the molecule is O=C(N/N=C\c1cc(Cl)ccc1O)c1cc2ccccc2cc1O. The summed E-state index contributed by atoms with van der Waals surface area (Å²) in [6, 6.07) is 15.0. The molecule has 3 rings (SSSR count). The second-order valence-corrected chi connectivity index (χ2v) is 5.56. The number of carbonyl (C=O) groups excluding carboxylic acids is 1. The number of hydrazone groups is 1. The van der Waals surface area contributed by atoms with Crippen molar-refractivity contribution in [3.8, 4) is 11.5 Å².